The summed E-state index contributed by atoms with van der Waals surface area (Å²) in [4.78, 5) is 45.7. The molecule has 0 saturated heterocycles. The van der Waals surface area contributed by atoms with E-state index in [0.29, 0.717) is 12.1 Å². The van der Waals surface area contributed by atoms with E-state index in [4.69, 9.17) is 17.2 Å². The van der Waals surface area contributed by atoms with Crippen molar-refractivity contribution in [2.75, 3.05) is 13.1 Å². The first-order chi connectivity index (χ1) is 12.3. The number of hydrogen-bond donors (Lipinski definition) is 7. The number of H-pyrrole nitrogens is 1. The van der Waals surface area contributed by atoms with Gasteiger partial charge in [-0.25, -0.2) is 9.78 Å². The number of guanidine groups is 1. The summed E-state index contributed by atoms with van der Waals surface area (Å²) >= 11 is 0. The number of nitrogens with two attached hydrogens (primary N) is 3. The van der Waals surface area contributed by atoms with Gasteiger partial charge in [0.05, 0.1) is 12.9 Å². The summed E-state index contributed by atoms with van der Waals surface area (Å²) in [5, 5.41) is 14.2. The highest BCUT2D eigenvalue weighted by atomic mass is 16.4. The number of aromatic amines is 1. The normalized spacial score (nSPS) is 12.7. The van der Waals surface area contributed by atoms with E-state index in [2.05, 4.69) is 25.6 Å². The van der Waals surface area contributed by atoms with Crippen molar-refractivity contribution in [2.45, 2.75) is 31.3 Å². The van der Waals surface area contributed by atoms with Gasteiger partial charge in [0.2, 0.25) is 11.8 Å². The fourth-order valence-electron chi connectivity index (χ4n) is 2.11. The van der Waals surface area contributed by atoms with E-state index in [9.17, 15) is 19.5 Å². The minimum absolute atomic E-state index is 0.0205. The third-order valence-electron chi connectivity index (χ3n) is 3.38. The molecule has 1 aromatic rings. The Bertz CT molecular complexity index is 627. The highest BCUT2D eigenvalue weighted by molar-refractivity contribution is 5.90. The van der Waals surface area contributed by atoms with Gasteiger partial charge in [0.25, 0.3) is 0 Å². The summed E-state index contributed by atoms with van der Waals surface area (Å²) in [7, 11) is 0. The van der Waals surface area contributed by atoms with Crippen LogP contribution in [0.15, 0.2) is 17.5 Å². The molecule has 0 radical (unpaired) electrons. The van der Waals surface area contributed by atoms with Crippen LogP contribution in [0, 0.1) is 0 Å². The number of carboxylic acids is 1. The molecule has 1 heterocycles. The van der Waals surface area contributed by atoms with E-state index < -0.39 is 29.9 Å². The first-order valence-corrected chi connectivity index (χ1v) is 7.88. The number of nitrogens with one attached hydrogen (secondary N) is 3. The van der Waals surface area contributed by atoms with Crippen molar-refractivity contribution in [3.8, 4) is 0 Å². The number of nitrogens with zero attached hydrogens (tertiary/aromatic N) is 2. The maximum absolute atomic E-state index is 12.4. The molecule has 10 N–H and O–H groups in total. The van der Waals surface area contributed by atoms with Crippen LogP contribution in [-0.4, -0.2) is 64.0 Å². The zero-order chi connectivity index (χ0) is 19.5. The monoisotopic (exact) mass is 368 g/mol. The Labute approximate surface area is 149 Å². The van der Waals surface area contributed by atoms with Gasteiger partial charge < -0.3 is 37.9 Å². The molecular formula is C14H24N8O4. The van der Waals surface area contributed by atoms with E-state index in [0.717, 1.165) is 0 Å². The third-order valence-corrected chi connectivity index (χ3v) is 3.38. The molecule has 0 bridgehead atoms. The molecule has 0 aliphatic heterocycles. The summed E-state index contributed by atoms with van der Waals surface area (Å²) in [5.74, 6) is -2.46. The highest BCUT2D eigenvalue weighted by Gasteiger charge is 2.26. The minimum atomic E-state index is -1.21. The second-order valence-electron chi connectivity index (χ2n) is 5.45. The molecule has 1 aromatic heterocycles. The lowest BCUT2D eigenvalue weighted by Gasteiger charge is -2.21. The predicted molar refractivity (Wildman–Crippen MR) is 92.8 cm³/mol. The van der Waals surface area contributed by atoms with Crippen LogP contribution < -0.4 is 27.8 Å². The number of carbonyl (C=O) groups excluding carboxylic acids is 2. The Morgan fingerprint density at radius 1 is 1.27 bits per heavy atom. The average Bonchev–Trinajstić information content (AvgIpc) is 3.09. The summed E-state index contributed by atoms with van der Waals surface area (Å²) in [5.41, 5.74) is 16.2. The second-order valence-corrected chi connectivity index (χ2v) is 5.45. The molecular weight excluding hydrogens is 344 g/mol. The van der Waals surface area contributed by atoms with E-state index in [-0.39, 0.29) is 31.9 Å². The molecule has 2 amide bonds. The van der Waals surface area contributed by atoms with Crippen LogP contribution in [0.4, 0.5) is 0 Å². The number of aliphatic imine (C=N–C) groups is 1. The molecule has 12 heteroatoms. The fraction of sp³-hybridized carbons (Fsp3) is 0.500. The fourth-order valence-corrected chi connectivity index (χ4v) is 2.11. The number of aliphatic carboxylic acids is 1. The molecule has 0 aliphatic carbocycles. The van der Waals surface area contributed by atoms with Crippen molar-refractivity contribution in [1.29, 1.82) is 0 Å². The predicted octanol–water partition coefficient (Wildman–Crippen LogP) is -2.98. The van der Waals surface area contributed by atoms with E-state index >= 15 is 0 Å². The Hall–Kier alpha value is -3.15. The molecule has 1 rings (SSSR count). The van der Waals surface area contributed by atoms with Crippen LogP contribution >= 0.6 is 0 Å². The molecule has 26 heavy (non-hydrogen) atoms. The third kappa shape index (κ3) is 7.61. The van der Waals surface area contributed by atoms with Crippen molar-refractivity contribution in [3.63, 3.8) is 0 Å². The smallest absolute Gasteiger partial charge is 0.326 e. The Morgan fingerprint density at radius 3 is 2.54 bits per heavy atom. The number of hydrogen-bond acceptors (Lipinski definition) is 6. The topological polar surface area (TPSA) is 215 Å². The molecule has 0 spiro atoms. The van der Waals surface area contributed by atoms with Crippen LogP contribution in [-0.2, 0) is 20.8 Å². The van der Waals surface area contributed by atoms with Gasteiger partial charge in [-0.15, -0.1) is 0 Å². The van der Waals surface area contributed by atoms with Crippen molar-refractivity contribution in [3.05, 3.63) is 18.2 Å². The number of rotatable bonds is 11. The minimum Gasteiger partial charge on any atom is -0.480 e. The maximum Gasteiger partial charge on any atom is 0.326 e. The lowest BCUT2D eigenvalue weighted by atomic mass is 10.1. The molecule has 0 aromatic carbocycles. The lowest BCUT2D eigenvalue weighted by molar-refractivity contribution is -0.142. The van der Waals surface area contributed by atoms with Crippen LogP contribution in [0.5, 0.6) is 0 Å². The molecule has 0 unspecified atom stereocenters. The summed E-state index contributed by atoms with van der Waals surface area (Å²) < 4.78 is 0. The SMILES string of the molecule is NCC(=O)N[C@@H](CCCN=C(N)N)C(=O)N[C@@H](Cc1cnc[nH]1)C(=O)O. The number of aromatic nitrogens is 2. The van der Waals surface area contributed by atoms with E-state index in [1.807, 2.05) is 0 Å². The Balaban J connectivity index is 2.72. The van der Waals surface area contributed by atoms with Crippen molar-refractivity contribution in [2.24, 2.45) is 22.2 Å². The van der Waals surface area contributed by atoms with Crippen LogP contribution in [0.2, 0.25) is 0 Å². The Morgan fingerprint density at radius 2 is 2.00 bits per heavy atom. The van der Waals surface area contributed by atoms with Gasteiger partial charge in [0.15, 0.2) is 5.96 Å². The van der Waals surface area contributed by atoms with Crippen molar-refractivity contribution in [1.82, 2.24) is 20.6 Å². The number of imidazole rings is 1. The first kappa shape index (κ1) is 20.9. The quantitative estimate of drug-likeness (QED) is 0.121. The Kier molecular flexibility index (Phi) is 8.57. The largest absolute Gasteiger partial charge is 0.480 e. The van der Waals surface area contributed by atoms with Gasteiger partial charge in [0, 0.05) is 24.9 Å². The zero-order valence-corrected chi connectivity index (χ0v) is 14.1. The van der Waals surface area contributed by atoms with Crippen LogP contribution in [0.3, 0.4) is 0 Å². The standard InChI is InChI=1S/C14H24N8O4/c15-5-11(23)21-9(2-1-3-19-14(16)17)12(24)22-10(13(25)26)4-8-6-18-7-20-8/h6-7,9-10H,1-5,15H2,(H,18,20)(H,21,23)(H,22,24)(H,25,26)(H4,16,17,19)/t9-,10-/m0/s1. The van der Waals surface area contributed by atoms with Gasteiger partial charge in [-0.2, -0.15) is 0 Å². The van der Waals surface area contributed by atoms with Gasteiger partial charge in [-0.3, -0.25) is 14.6 Å². The molecule has 0 aliphatic rings. The van der Waals surface area contributed by atoms with Crippen LogP contribution in [0.25, 0.3) is 0 Å². The maximum atomic E-state index is 12.4. The molecule has 2 atom stereocenters. The molecule has 12 nitrogen and oxygen atoms in total. The van der Waals surface area contributed by atoms with E-state index in [1.54, 1.807) is 0 Å². The van der Waals surface area contributed by atoms with Gasteiger partial charge in [-0.1, -0.05) is 0 Å². The van der Waals surface area contributed by atoms with E-state index in [1.165, 1.54) is 12.5 Å². The second kappa shape index (κ2) is 10.7. The molecule has 0 fully saturated rings. The molecule has 144 valence electrons. The number of amides is 2. The first-order valence-electron chi connectivity index (χ1n) is 7.88. The van der Waals surface area contributed by atoms with Crippen molar-refractivity contribution < 1.29 is 19.5 Å². The van der Waals surface area contributed by atoms with Gasteiger partial charge >= 0.3 is 5.97 Å². The van der Waals surface area contributed by atoms with Crippen molar-refractivity contribution >= 4 is 23.7 Å². The number of carbonyl (C=O) groups is 3. The highest BCUT2D eigenvalue weighted by Crippen LogP contribution is 2.03. The summed E-state index contributed by atoms with van der Waals surface area (Å²) in [6.07, 6.45) is 3.51. The molecule has 0 saturated carbocycles. The van der Waals surface area contributed by atoms with Gasteiger partial charge in [0.1, 0.15) is 12.1 Å². The summed E-state index contributed by atoms with van der Waals surface area (Å²) in [6.45, 7) is -0.0324. The van der Waals surface area contributed by atoms with Crippen LogP contribution in [0.1, 0.15) is 18.5 Å². The summed E-state index contributed by atoms with van der Waals surface area (Å²) in [6, 6.07) is -2.14. The number of carboxylic acid groups (broad SMARTS) is 1. The zero-order valence-electron chi connectivity index (χ0n) is 14.1. The average molecular weight is 368 g/mol. The lowest BCUT2D eigenvalue weighted by Crippen LogP contribution is -2.53. The van der Waals surface area contributed by atoms with Gasteiger partial charge in [-0.05, 0) is 12.8 Å².